The number of pyridine rings is 2. The van der Waals surface area contributed by atoms with Gasteiger partial charge in [0.2, 0.25) is 0 Å². The van der Waals surface area contributed by atoms with Crippen molar-refractivity contribution in [3.05, 3.63) is 47.5 Å². The number of fused-ring (bicyclic) bond motifs is 1. The van der Waals surface area contributed by atoms with Crippen molar-refractivity contribution in [3.63, 3.8) is 0 Å². The van der Waals surface area contributed by atoms with Crippen LogP contribution in [0.25, 0.3) is 11.3 Å². The molecule has 34 heavy (non-hydrogen) atoms. The highest BCUT2D eigenvalue weighted by atomic mass is 16.1. The number of hydrogen-bond donors (Lipinski definition) is 4. The molecule has 0 aromatic carbocycles. The molecule has 1 aliphatic heterocycles. The molecule has 0 spiro atoms. The number of hydrogen-bond acceptors (Lipinski definition) is 7. The predicted molar refractivity (Wildman–Crippen MR) is 133 cm³/mol. The number of aromatic nitrogens is 4. The van der Waals surface area contributed by atoms with E-state index in [-0.39, 0.29) is 17.8 Å². The van der Waals surface area contributed by atoms with Crippen molar-refractivity contribution in [2.45, 2.75) is 70.5 Å². The highest BCUT2D eigenvalue weighted by Gasteiger charge is 2.23. The maximum atomic E-state index is 12.1. The Bertz CT molecular complexity index is 1200. The van der Waals surface area contributed by atoms with Crippen LogP contribution in [-0.4, -0.2) is 37.7 Å². The number of anilines is 3. The average Bonchev–Trinajstić information content (AvgIpc) is 3.24. The van der Waals surface area contributed by atoms with Crippen molar-refractivity contribution in [1.29, 1.82) is 0 Å². The molecule has 5 rings (SSSR count). The lowest BCUT2D eigenvalue weighted by atomic mass is 9.91. The molecule has 3 aromatic rings. The summed E-state index contributed by atoms with van der Waals surface area (Å²) in [5.74, 6) is 0.0311. The zero-order valence-corrected chi connectivity index (χ0v) is 19.6. The van der Waals surface area contributed by atoms with E-state index in [1.54, 1.807) is 6.20 Å². The van der Waals surface area contributed by atoms with Crippen LogP contribution >= 0.6 is 0 Å². The van der Waals surface area contributed by atoms with Crippen LogP contribution in [0.3, 0.4) is 0 Å². The van der Waals surface area contributed by atoms with E-state index < -0.39 is 5.91 Å². The number of rotatable bonds is 6. The van der Waals surface area contributed by atoms with Gasteiger partial charge >= 0.3 is 0 Å². The lowest BCUT2D eigenvalue weighted by molar-refractivity contribution is 0.0996. The summed E-state index contributed by atoms with van der Waals surface area (Å²) in [6, 6.07) is 6.15. The summed E-state index contributed by atoms with van der Waals surface area (Å²) in [6.07, 6.45) is 11.2. The molecule has 2 aliphatic rings. The summed E-state index contributed by atoms with van der Waals surface area (Å²) in [7, 11) is 0. The Morgan fingerprint density at radius 3 is 2.79 bits per heavy atom. The fourth-order valence-electron chi connectivity index (χ4n) is 5.03. The second-order valence-corrected chi connectivity index (χ2v) is 9.41. The third kappa shape index (κ3) is 4.61. The van der Waals surface area contributed by atoms with Gasteiger partial charge in [-0.25, -0.2) is 9.97 Å². The average molecular weight is 461 g/mol. The van der Waals surface area contributed by atoms with Gasteiger partial charge in [0.25, 0.3) is 5.91 Å². The molecule has 3 aromatic heterocycles. The van der Waals surface area contributed by atoms with Gasteiger partial charge in [0.15, 0.2) is 5.69 Å². The maximum absolute atomic E-state index is 12.1. The van der Waals surface area contributed by atoms with Gasteiger partial charge in [-0.15, -0.1) is 0 Å². The van der Waals surface area contributed by atoms with Crippen LogP contribution in [0.2, 0.25) is 0 Å². The number of nitrogens with two attached hydrogens (primary N) is 2. The third-order valence-electron chi connectivity index (χ3n) is 6.78. The van der Waals surface area contributed by atoms with Crippen LogP contribution in [0.15, 0.2) is 30.6 Å². The molecule has 178 valence electrons. The fraction of sp³-hybridized carbons (Fsp3) is 0.440. The highest BCUT2D eigenvalue weighted by Crippen LogP contribution is 2.30. The van der Waals surface area contributed by atoms with Crippen molar-refractivity contribution in [2.75, 3.05) is 10.6 Å². The SMILES string of the molecule is Cc1cc(Nc2cc(N[C@@H]3CCCC[C@@H]3N)cnc2C(N)=O)nc(-c2cnn3c2CCCC3)c1. The molecular weight excluding hydrogens is 428 g/mol. The van der Waals surface area contributed by atoms with Crippen LogP contribution < -0.4 is 22.1 Å². The number of aryl methyl sites for hydroxylation is 2. The van der Waals surface area contributed by atoms with Crippen LogP contribution in [0.4, 0.5) is 17.2 Å². The third-order valence-corrected chi connectivity index (χ3v) is 6.78. The first-order valence-corrected chi connectivity index (χ1v) is 12.1. The minimum Gasteiger partial charge on any atom is -0.379 e. The van der Waals surface area contributed by atoms with E-state index in [4.69, 9.17) is 16.5 Å². The zero-order chi connectivity index (χ0) is 23.7. The van der Waals surface area contributed by atoms with Crippen molar-refractivity contribution in [3.8, 4) is 11.3 Å². The summed E-state index contributed by atoms with van der Waals surface area (Å²) in [6.45, 7) is 2.98. The smallest absolute Gasteiger partial charge is 0.269 e. The largest absolute Gasteiger partial charge is 0.379 e. The number of amides is 1. The Morgan fingerprint density at radius 2 is 1.97 bits per heavy atom. The van der Waals surface area contributed by atoms with Gasteiger partial charge in [-0.05, 0) is 62.8 Å². The Labute approximate surface area is 199 Å². The Morgan fingerprint density at radius 1 is 1.12 bits per heavy atom. The first-order valence-electron chi connectivity index (χ1n) is 12.1. The molecule has 0 bridgehead atoms. The quantitative estimate of drug-likeness (QED) is 0.442. The first-order chi connectivity index (χ1) is 16.5. The van der Waals surface area contributed by atoms with Crippen molar-refractivity contribution < 1.29 is 4.79 Å². The number of primary amides is 1. The van der Waals surface area contributed by atoms with E-state index in [9.17, 15) is 4.79 Å². The van der Waals surface area contributed by atoms with E-state index in [0.717, 1.165) is 74.0 Å². The molecule has 1 amide bonds. The topological polar surface area (TPSA) is 137 Å². The van der Waals surface area contributed by atoms with Gasteiger partial charge in [0.05, 0.1) is 29.5 Å². The summed E-state index contributed by atoms with van der Waals surface area (Å²) >= 11 is 0. The van der Waals surface area contributed by atoms with Gasteiger partial charge < -0.3 is 22.1 Å². The summed E-state index contributed by atoms with van der Waals surface area (Å²) in [4.78, 5) is 21.3. The van der Waals surface area contributed by atoms with Gasteiger partial charge in [-0.2, -0.15) is 5.10 Å². The summed E-state index contributed by atoms with van der Waals surface area (Å²) in [5.41, 5.74) is 17.6. The van der Waals surface area contributed by atoms with Gasteiger partial charge in [-0.1, -0.05) is 12.8 Å². The molecule has 0 unspecified atom stereocenters. The van der Waals surface area contributed by atoms with Gasteiger partial charge in [0, 0.05) is 29.9 Å². The van der Waals surface area contributed by atoms with E-state index in [1.807, 2.05) is 25.3 Å². The Hall–Kier alpha value is -3.46. The predicted octanol–water partition coefficient (Wildman–Crippen LogP) is 3.51. The van der Waals surface area contributed by atoms with Crippen LogP contribution in [0.1, 0.15) is 60.3 Å². The summed E-state index contributed by atoms with van der Waals surface area (Å²) < 4.78 is 2.08. The Kier molecular flexibility index (Phi) is 6.19. The molecular formula is C25H32N8O. The minimum atomic E-state index is -0.595. The van der Waals surface area contributed by atoms with E-state index in [0.29, 0.717) is 11.5 Å². The van der Waals surface area contributed by atoms with E-state index in [1.165, 1.54) is 5.69 Å². The van der Waals surface area contributed by atoms with Crippen molar-refractivity contribution in [2.24, 2.45) is 11.5 Å². The Balaban J connectivity index is 1.45. The van der Waals surface area contributed by atoms with Crippen LogP contribution in [-0.2, 0) is 13.0 Å². The molecule has 1 saturated carbocycles. The highest BCUT2D eigenvalue weighted by molar-refractivity contribution is 5.97. The monoisotopic (exact) mass is 460 g/mol. The lowest BCUT2D eigenvalue weighted by Gasteiger charge is -2.30. The van der Waals surface area contributed by atoms with Crippen LogP contribution in [0.5, 0.6) is 0 Å². The molecule has 9 heteroatoms. The molecule has 2 atom stereocenters. The van der Waals surface area contributed by atoms with Crippen LogP contribution in [0, 0.1) is 6.92 Å². The number of nitrogens with one attached hydrogen (secondary N) is 2. The van der Waals surface area contributed by atoms with E-state index >= 15 is 0 Å². The van der Waals surface area contributed by atoms with Gasteiger partial charge in [-0.3, -0.25) is 9.48 Å². The van der Waals surface area contributed by atoms with Crippen molar-refractivity contribution >= 4 is 23.1 Å². The maximum Gasteiger partial charge on any atom is 0.269 e. The first kappa shape index (κ1) is 22.3. The molecule has 6 N–H and O–H groups in total. The zero-order valence-electron chi connectivity index (χ0n) is 19.6. The lowest BCUT2D eigenvalue weighted by Crippen LogP contribution is -2.42. The minimum absolute atomic E-state index is 0.101. The molecule has 0 saturated heterocycles. The van der Waals surface area contributed by atoms with E-state index in [2.05, 4.69) is 31.5 Å². The second-order valence-electron chi connectivity index (χ2n) is 9.41. The summed E-state index contributed by atoms with van der Waals surface area (Å²) in [5, 5.41) is 11.3. The normalized spacial score (nSPS) is 19.9. The molecule has 4 heterocycles. The molecule has 1 fully saturated rings. The fourth-order valence-corrected chi connectivity index (χ4v) is 5.03. The molecule has 0 radical (unpaired) electrons. The van der Waals surface area contributed by atoms with Gasteiger partial charge in [0.1, 0.15) is 5.82 Å². The number of carbonyl (C=O) groups excluding carboxylic acids is 1. The molecule has 1 aliphatic carbocycles. The standard InChI is InChI=1S/C25H32N8O/c1-15-10-20(17-14-29-33-9-5-4-8-22(17)33)31-23(11-15)32-21-12-16(13-28-24(21)25(27)34)30-19-7-3-2-6-18(19)26/h10-14,18-19,30H,2-9,26H2,1H3,(H2,27,34)(H,31,32)/t18-,19+/m0/s1. The second kappa shape index (κ2) is 9.42. The number of nitrogens with zero attached hydrogens (tertiary/aromatic N) is 4. The van der Waals surface area contributed by atoms with Crippen molar-refractivity contribution in [1.82, 2.24) is 19.7 Å². The molecule has 9 nitrogen and oxygen atoms in total. The number of carbonyl (C=O) groups is 1.